The van der Waals surface area contributed by atoms with Crippen LogP contribution in [0.4, 0.5) is 0 Å². The molecule has 0 aromatic heterocycles. The summed E-state index contributed by atoms with van der Waals surface area (Å²) in [5, 5.41) is 4.86. The predicted octanol–water partition coefficient (Wildman–Crippen LogP) is 4.28. The van der Waals surface area contributed by atoms with Gasteiger partial charge in [-0.3, -0.25) is 4.79 Å². The molecule has 0 aliphatic carbocycles. The molecule has 0 saturated heterocycles. The third-order valence-electron chi connectivity index (χ3n) is 3.21. The van der Waals surface area contributed by atoms with E-state index in [1.165, 1.54) is 0 Å². The average Bonchev–Trinajstić information content (AvgIpc) is 2.56. The zero-order valence-electron chi connectivity index (χ0n) is 13.2. The maximum absolute atomic E-state index is 12.1. The second-order valence-electron chi connectivity index (χ2n) is 4.82. The smallest absolute Gasteiger partial charge is 0.271 e. The van der Waals surface area contributed by atoms with E-state index in [9.17, 15) is 4.79 Å². The second-order valence-corrected chi connectivity index (χ2v) is 5.26. The first-order chi connectivity index (χ1) is 11.1. The molecule has 1 N–H and O–H groups in total. The highest BCUT2D eigenvalue weighted by molar-refractivity contribution is 6.31. The summed E-state index contributed by atoms with van der Waals surface area (Å²) in [6, 6.07) is 14.3. The van der Waals surface area contributed by atoms with Crippen LogP contribution in [0.2, 0.25) is 5.02 Å². The number of ether oxygens (including phenoxy) is 1. The molecule has 2 aromatic carbocycles. The summed E-state index contributed by atoms with van der Waals surface area (Å²) >= 11 is 5.99. The predicted molar refractivity (Wildman–Crippen MR) is 93.4 cm³/mol. The van der Waals surface area contributed by atoms with Crippen molar-refractivity contribution in [1.29, 1.82) is 0 Å². The van der Waals surface area contributed by atoms with E-state index in [0.717, 1.165) is 17.0 Å². The standard InChI is InChI=1S/C18H19ClN2O2/c1-3-17(14-6-5-7-15(19)12-14)20-21-18(22)13-8-10-16(11-9-13)23-4-2/h5-12H,3-4H2,1-2H3,(H,21,22)/b20-17+. The highest BCUT2D eigenvalue weighted by atomic mass is 35.5. The molecule has 0 heterocycles. The Kier molecular flexibility index (Phi) is 6.18. The summed E-state index contributed by atoms with van der Waals surface area (Å²) in [4.78, 5) is 12.1. The molecule has 0 atom stereocenters. The zero-order chi connectivity index (χ0) is 16.7. The van der Waals surface area contributed by atoms with Crippen molar-refractivity contribution in [3.8, 4) is 5.75 Å². The number of benzene rings is 2. The number of hydrazone groups is 1. The fourth-order valence-corrected chi connectivity index (χ4v) is 2.26. The van der Waals surface area contributed by atoms with Crippen molar-refractivity contribution in [3.05, 3.63) is 64.7 Å². The van der Waals surface area contributed by atoms with Crippen LogP contribution in [-0.4, -0.2) is 18.2 Å². The number of carbonyl (C=O) groups is 1. The van der Waals surface area contributed by atoms with E-state index in [4.69, 9.17) is 16.3 Å². The molecule has 0 fully saturated rings. The molecule has 4 nitrogen and oxygen atoms in total. The van der Waals surface area contributed by atoms with Crippen LogP contribution in [-0.2, 0) is 0 Å². The van der Waals surface area contributed by atoms with Gasteiger partial charge in [-0.2, -0.15) is 5.10 Å². The minimum Gasteiger partial charge on any atom is -0.494 e. The molecule has 0 unspecified atom stereocenters. The Hall–Kier alpha value is -2.33. The Balaban J connectivity index is 2.09. The number of nitrogens with one attached hydrogen (secondary N) is 1. The van der Waals surface area contributed by atoms with Gasteiger partial charge in [-0.25, -0.2) is 5.43 Å². The Morgan fingerprint density at radius 3 is 2.48 bits per heavy atom. The second kappa shape index (κ2) is 8.34. The quantitative estimate of drug-likeness (QED) is 0.634. The molecule has 120 valence electrons. The topological polar surface area (TPSA) is 50.7 Å². The number of nitrogens with zero attached hydrogens (tertiary/aromatic N) is 1. The van der Waals surface area contributed by atoms with E-state index < -0.39 is 0 Å². The number of amides is 1. The van der Waals surface area contributed by atoms with Crippen molar-refractivity contribution in [2.45, 2.75) is 20.3 Å². The minimum atomic E-state index is -0.263. The van der Waals surface area contributed by atoms with Gasteiger partial charge in [0, 0.05) is 10.6 Å². The number of carbonyl (C=O) groups excluding carboxylic acids is 1. The summed E-state index contributed by atoms with van der Waals surface area (Å²) in [6.07, 6.45) is 0.684. The number of hydrogen-bond donors (Lipinski definition) is 1. The van der Waals surface area contributed by atoms with Crippen LogP contribution < -0.4 is 10.2 Å². The van der Waals surface area contributed by atoms with Gasteiger partial charge >= 0.3 is 0 Å². The van der Waals surface area contributed by atoms with Gasteiger partial charge in [0.25, 0.3) is 5.91 Å². The number of hydrogen-bond acceptors (Lipinski definition) is 3. The van der Waals surface area contributed by atoms with Gasteiger partial charge in [-0.1, -0.05) is 30.7 Å². The van der Waals surface area contributed by atoms with Crippen molar-refractivity contribution < 1.29 is 9.53 Å². The molecule has 1 amide bonds. The van der Waals surface area contributed by atoms with Gasteiger partial charge < -0.3 is 4.74 Å². The normalized spacial score (nSPS) is 11.2. The van der Waals surface area contributed by atoms with Crippen molar-refractivity contribution in [3.63, 3.8) is 0 Å². The highest BCUT2D eigenvalue weighted by Gasteiger charge is 2.07. The van der Waals surface area contributed by atoms with Crippen LogP contribution in [0.3, 0.4) is 0 Å². The van der Waals surface area contributed by atoms with Crippen LogP contribution in [0, 0.1) is 0 Å². The maximum atomic E-state index is 12.1. The summed E-state index contributed by atoms with van der Waals surface area (Å²) < 4.78 is 5.35. The lowest BCUT2D eigenvalue weighted by molar-refractivity contribution is 0.0955. The van der Waals surface area contributed by atoms with Crippen LogP contribution in [0.25, 0.3) is 0 Å². The first kappa shape index (κ1) is 17.0. The SMILES string of the molecule is CCOc1ccc(C(=O)N/N=C(\CC)c2cccc(Cl)c2)cc1. The molecule has 0 radical (unpaired) electrons. The molecular formula is C18H19ClN2O2. The highest BCUT2D eigenvalue weighted by Crippen LogP contribution is 2.14. The van der Waals surface area contributed by atoms with E-state index in [2.05, 4.69) is 10.5 Å². The first-order valence-corrected chi connectivity index (χ1v) is 7.87. The van der Waals surface area contributed by atoms with Gasteiger partial charge in [-0.15, -0.1) is 0 Å². The molecular weight excluding hydrogens is 312 g/mol. The van der Waals surface area contributed by atoms with Gasteiger partial charge in [-0.05, 0) is 55.3 Å². The summed E-state index contributed by atoms with van der Waals surface area (Å²) in [5.74, 6) is 0.474. The van der Waals surface area contributed by atoms with Crippen LogP contribution in [0.1, 0.15) is 36.2 Å². The van der Waals surface area contributed by atoms with Gasteiger partial charge in [0.2, 0.25) is 0 Å². The largest absolute Gasteiger partial charge is 0.494 e. The fourth-order valence-electron chi connectivity index (χ4n) is 2.07. The van der Waals surface area contributed by atoms with Gasteiger partial charge in [0.1, 0.15) is 5.75 Å². The molecule has 0 spiro atoms. The summed E-state index contributed by atoms with van der Waals surface area (Å²) in [5.41, 5.74) is 4.78. The Labute approximate surface area is 141 Å². The number of halogens is 1. The summed E-state index contributed by atoms with van der Waals surface area (Å²) in [6.45, 7) is 4.48. The average molecular weight is 331 g/mol. The van der Waals surface area contributed by atoms with E-state index in [1.54, 1.807) is 30.3 Å². The lowest BCUT2D eigenvalue weighted by Gasteiger charge is -2.07. The van der Waals surface area contributed by atoms with Crippen molar-refractivity contribution in [1.82, 2.24) is 5.43 Å². The molecule has 0 saturated carbocycles. The van der Waals surface area contributed by atoms with Crippen molar-refractivity contribution in [2.75, 3.05) is 6.61 Å². The number of rotatable bonds is 6. The van der Waals surface area contributed by atoms with E-state index in [-0.39, 0.29) is 5.91 Å². The lowest BCUT2D eigenvalue weighted by Crippen LogP contribution is -2.20. The molecule has 2 aromatic rings. The molecule has 23 heavy (non-hydrogen) atoms. The third kappa shape index (κ3) is 4.83. The molecule has 2 rings (SSSR count). The van der Waals surface area contributed by atoms with E-state index in [0.29, 0.717) is 23.6 Å². The van der Waals surface area contributed by atoms with Crippen LogP contribution in [0.5, 0.6) is 5.75 Å². The van der Waals surface area contributed by atoms with Gasteiger partial charge in [0.15, 0.2) is 0 Å². The van der Waals surface area contributed by atoms with Crippen LogP contribution >= 0.6 is 11.6 Å². The van der Waals surface area contributed by atoms with E-state index in [1.807, 2.05) is 32.0 Å². The lowest BCUT2D eigenvalue weighted by atomic mass is 10.1. The Morgan fingerprint density at radius 1 is 1.13 bits per heavy atom. The maximum Gasteiger partial charge on any atom is 0.271 e. The molecule has 0 bridgehead atoms. The molecule has 0 aliphatic rings. The Bertz CT molecular complexity index is 696. The van der Waals surface area contributed by atoms with Crippen molar-refractivity contribution in [2.24, 2.45) is 5.10 Å². The Morgan fingerprint density at radius 2 is 1.87 bits per heavy atom. The minimum absolute atomic E-state index is 0.263. The third-order valence-corrected chi connectivity index (χ3v) is 3.45. The van der Waals surface area contributed by atoms with E-state index >= 15 is 0 Å². The van der Waals surface area contributed by atoms with Crippen LogP contribution in [0.15, 0.2) is 53.6 Å². The summed E-state index contributed by atoms with van der Waals surface area (Å²) in [7, 11) is 0. The fraction of sp³-hybridized carbons (Fsp3) is 0.222. The zero-order valence-corrected chi connectivity index (χ0v) is 13.9. The monoisotopic (exact) mass is 330 g/mol. The van der Waals surface area contributed by atoms with Gasteiger partial charge in [0.05, 0.1) is 12.3 Å². The van der Waals surface area contributed by atoms with Crippen molar-refractivity contribution >= 4 is 23.2 Å². The molecule has 5 heteroatoms. The first-order valence-electron chi connectivity index (χ1n) is 7.49. The molecule has 0 aliphatic heterocycles.